The van der Waals surface area contributed by atoms with Gasteiger partial charge in [0.25, 0.3) is 0 Å². The maximum absolute atomic E-state index is 9.89. The lowest BCUT2D eigenvalue weighted by molar-refractivity contribution is 0.157. The quantitative estimate of drug-likeness (QED) is 0.753. The van der Waals surface area contributed by atoms with Gasteiger partial charge in [0.1, 0.15) is 0 Å². The van der Waals surface area contributed by atoms with E-state index in [0.717, 1.165) is 12.3 Å². The summed E-state index contributed by atoms with van der Waals surface area (Å²) >= 11 is 2.09. The fourth-order valence-electron chi connectivity index (χ4n) is 4.80. The van der Waals surface area contributed by atoms with Crippen molar-refractivity contribution in [1.82, 2.24) is 0 Å². The average Bonchev–Trinajstić information content (AvgIpc) is 2.89. The van der Waals surface area contributed by atoms with Crippen LogP contribution in [0.4, 0.5) is 0 Å². The highest BCUT2D eigenvalue weighted by Gasteiger charge is 2.58. The number of benzene rings is 1. The molecule has 0 saturated heterocycles. The number of aliphatic hydroxyl groups is 1. The number of rotatable bonds is 6. The first kappa shape index (κ1) is 16.4. The number of hydrogen-bond acceptors (Lipinski definition) is 2. The summed E-state index contributed by atoms with van der Waals surface area (Å²) in [6.07, 6.45) is 6.32. The molecule has 0 aromatic heterocycles. The molecule has 0 amide bonds. The normalized spacial score (nSPS) is 36.5. The van der Waals surface area contributed by atoms with Crippen molar-refractivity contribution in [1.29, 1.82) is 0 Å². The molecule has 2 fully saturated rings. The number of aliphatic hydroxyl groups excluding tert-OH is 1. The van der Waals surface area contributed by atoms with Crippen LogP contribution in [0.15, 0.2) is 30.3 Å². The monoisotopic (exact) mass is 318 g/mol. The van der Waals surface area contributed by atoms with E-state index in [1.165, 1.54) is 37.0 Å². The second kappa shape index (κ2) is 6.20. The van der Waals surface area contributed by atoms with Crippen LogP contribution in [0.1, 0.15) is 63.7 Å². The summed E-state index contributed by atoms with van der Waals surface area (Å²) < 4.78 is 0. The van der Waals surface area contributed by atoms with Crippen molar-refractivity contribution in [3.05, 3.63) is 35.9 Å². The topological polar surface area (TPSA) is 20.2 Å². The minimum atomic E-state index is -0.235. The molecule has 1 aromatic rings. The third kappa shape index (κ3) is 2.85. The molecule has 3 rings (SSSR count). The Bertz CT molecular complexity index is 490. The Hall–Kier alpha value is -0.470. The summed E-state index contributed by atoms with van der Waals surface area (Å²) in [6, 6.07) is 10.7. The summed E-state index contributed by atoms with van der Waals surface area (Å²) in [4.78, 5) is 0. The minimum absolute atomic E-state index is 0.235. The first-order valence-corrected chi connectivity index (χ1v) is 9.84. The molecular formula is C20H30OS. The minimum Gasteiger partial charge on any atom is -0.393 e. The van der Waals surface area contributed by atoms with Crippen LogP contribution >= 0.6 is 11.8 Å². The Morgan fingerprint density at radius 1 is 1.18 bits per heavy atom. The van der Waals surface area contributed by atoms with Crippen LogP contribution in [0.5, 0.6) is 0 Å². The Morgan fingerprint density at radius 2 is 1.82 bits per heavy atom. The van der Waals surface area contributed by atoms with Gasteiger partial charge < -0.3 is 5.11 Å². The third-order valence-corrected chi connectivity index (χ3v) is 8.31. The van der Waals surface area contributed by atoms with Crippen molar-refractivity contribution in [3.8, 4) is 0 Å². The highest BCUT2D eigenvalue weighted by molar-refractivity contribution is 7.99. The van der Waals surface area contributed by atoms with Gasteiger partial charge in [-0.25, -0.2) is 0 Å². The fraction of sp³-hybridized carbons (Fsp3) is 0.700. The van der Waals surface area contributed by atoms with Crippen molar-refractivity contribution in [3.63, 3.8) is 0 Å². The van der Waals surface area contributed by atoms with Crippen LogP contribution in [0, 0.1) is 16.7 Å². The second-order valence-electron chi connectivity index (χ2n) is 8.05. The first-order valence-electron chi connectivity index (χ1n) is 8.79. The standard InChI is InChI=1S/C20H30OS/c1-15(21)13-18(16-7-5-4-6-8-16)22-14-20(3)17-9-11-19(20,2)12-10-17/h4-8,15,17-18,21H,9-14H2,1-3H3/t15-,17?,18?,19?,20?/m1/s1. The van der Waals surface area contributed by atoms with E-state index in [2.05, 4.69) is 55.9 Å². The van der Waals surface area contributed by atoms with Gasteiger partial charge in [-0.2, -0.15) is 11.8 Å². The SMILES string of the molecule is C[C@@H](O)CC(SCC1(C)C2CCC1(C)CC2)c1ccccc1. The molecule has 122 valence electrons. The van der Waals surface area contributed by atoms with E-state index in [0.29, 0.717) is 16.1 Å². The largest absolute Gasteiger partial charge is 0.393 e. The van der Waals surface area contributed by atoms with Gasteiger partial charge in [-0.15, -0.1) is 0 Å². The van der Waals surface area contributed by atoms with E-state index in [1.54, 1.807) is 0 Å². The van der Waals surface area contributed by atoms with E-state index < -0.39 is 0 Å². The summed E-state index contributed by atoms with van der Waals surface area (Å²) in [6.45, 7) is 6.97. The lowest BCUT2D eigenvalue weighted by Gasteiger charge is -2.39. The van der Waals surface area contributed by atoms with Crippen LogP contribution in [-0.4, -0.2) is 17.0 Å². The molecule has 2 unspecified atom stereocenters. The highest BCUT2D eigenvalue weighted by atomic mass is 32.2. The van der Waals surface area contributed by atoms with E-state index >= 15 is 0 Å². The van der Waals surface area contributed by atoms with Gasteiger partial charge in [0.15, 0.2) is 0 Å². The molecular weight excluding hydrogens is 288 g/mol. The van der Waals surface area contributed by atoms with Gasteiger partial charge in [-0.3, -0.25) is 0 Å². The smallest absolute Gasteiger partial charge is 0.0525 e. The van der Waals surface area contributed by atoms with E-state index in [4.69, 9.17) is 0 Å². The van der Waals surface area contributed by atoms with Gasteiger partial charge in [-0.05, 0) is 61.3 Å². The maximum Gasteiger partial charge on any atom is 0.0525 e. The van der Waals surface area contributed by atoms with E-state index in [-0.39, 0.29) is 6.10 Å². The lowest BCUT2D eigenvalue weighted by Crippen LogP contribution is -2.33. The molecule has 1 N–H and O–H groups in total. The van der Waals surface area contributed by atoms with Crippen molar-refractivity contribution in [2.45, 2.75) is 64.2 Å². The molecule has 2 bridgehead atoms. The number of fused-ring (bicyclic) bond motifs is 2. The third-order valence-electron chi connectivity index (χ3n) is 6.68. The number of thioether (sulfide) groups is 1. The van der Waals surface area contributed by atoms with Gasteiger partial charge in [-0.1, -0.05) is 44.2 Å². The summed E-state index contributed by atoms with van der Waals surface area (Å²) in [5.74, 6) is 2.16. The summed E-state index contributed by atoms with van der Waals surface area (Å²) in [5, 5.41) is 10.3. The van der Waals surface area contributed by atoms with Crippen molar-refractivity contribution < 1.29 is 5.11 Å². The average molecular weight is 319 g/mol. The van der Waals surface area contributed by atoms with Gasteiger partial charge in [0.2, 0.25) is 0 Å². The van der Waals surface area contributed by atoms with Gasteiger partial charge in [0, 0.05) is 11.0 Å². The van der Waals surface area contributed by atoms with Crippen LogP contribution in [0.2, 0.25) is 0 Å². The molecule has 1 aromatic carbocycles. The molecule has 2 saturated carbocycles. The zero-order valence-electron chi connectivity index (χ0n) is 14.2. The predicted molar refractivity (Wildman–Crippen MR) is 96.1 cm³/mol. The molecule has 0 spiro atoms. The van der Waals surface area contributed by atoms with Crippen LogP contribution < -0.4 is 0 Å². The molecule has 0 heterocycles. The maximum atomic E-state index is 9.89. The molecule has 22 heavy (non-hydrogen) atoms. The fourth-order valence-corrected chi connectivity index (χ4v) is 6.70. The first-order chi connectivity index (χ1) is 10.4. The molecule has 2 heteroatoms. The van der Waals surface area contributed by atoms with Crippen molar-refractivity contribution in [2.24, 2.45) is 16.7 Å². The molecule has 2 aliphatic rings. The Kier molecular flexibility index (Phi) is 4.62. The van der Waals surface area contributed by atoms with Crippen LogP contribution in [0.25, 0.3) is 0 Å². The van der Waals surface area contributed by atoms with Gasteiger partial charge in [0.05, 0.1) is 6.10 Å². The second-order valence-corrected chi connectivity index (χ2v) is 9.24. The Labute approximate surface area is 139 Å². The Balaban J connectivity index is 1.72. The van der Waals surface area contributed by atoms with Gasteiger partial charge >= 0.3 is 0 Å². The molecule has 2 aliphatic carbocycles. The van der Waals surface area contributed by atoms with E-state index in [1.807, 2.05) is 6.92 Å². The van der Waals surface area contributed by atoms with Crippen molar-refractivity contribution >= 4 is 11.8 Å². The molecule has 0 radical (unpaired) electrons. The predicted octanol–water partition coefficient (Wildman–Crippen LogP) is 5.45. The summed E-state index contributed by atoms with van der Waals surface area (Å²) in [5.41, 5.74) is 2.41. The van der Waals surface area contributed by atoms with Crippen molar-refractivity contribution in [2.75, 3.05) is 5.75 Å². The lowest BCUT2D eigenvalue weighted by atomic mass is 9.71. The Morgan fingerprint density at radius 3 is 2.32 bits per heavy atom. The van der Waals surface area contributed by atoms with Crippen LogP contribution in [-0.2, 0) is 0 Å². The zero-order valence-corrected chi connectivity index (χ0v) is 15.0. The molecule has 1 nitrogen and oxygen atoms in total. The molecule has 0 aliphatic heterocycles. The zero-order chi connectivity index (χ0) is 15.8. The summed E-state index contributed by atoms with van der Waals surface area (Å²) in [7, 11) is 0. The van der Waals surface area contributed by atoms with E-state index in [9.17, 15) is 5.11 Å². The number of hydrogen-bond donors (Lipinski definition) is 1. The van der Waals surface area contributed by atoms with Crippen LogP contribution in [0.3, 0.4) is 0 Å². The highest BCUT2D eigenvalue weighted by Crippen LogP contribution is 2.67. The molecule has 3 atom stereocenters.